The van der Waals surface area contributed by atoms with Crippen LogP contribution in [0.3, 0.4) is 0 Å². The first-order valence-electron chi connectivity index (χ1n) is 6.97. The van der Waals surface area contributed by atoms with Gasteiger partial charge in [-0.05, 0) is 48.8 Å². The minimum Gasteiger partial charge on any atom is -0.465 e. The summed E-state index contributed by atoms with van der Waals surface area (Å²) in [7, 11) is 1.32. The Balaban J connectivity index is 1.67. The fourth-order valence-electron chi connectivity index (χ4n) is 3.28. The number of anilines is 1. The van der Waals surface area contributed by atoms with E-state index in [-0.39, 0.29) is 5.82 Å². The van der Waals surface area contributed by atoms with Crippen LogP contribution < -0.4 is 5.32 Å². The Hall–Kier alpha value is -1.84. The molecule has 3 rings (SSSR count). The first kappa shape index (κ1) is 13.2. The van der Waals surface area contributed by atoms with Crippen LogP contribution in [0.25, 0.3) is 0 Å². The number of nitrogens with one attached hydrogen (secondary N) is 1. The zero-order valence-electron chi connectivity index (χ0n) is 11.4. The van der Waals surface area contributed by atoms with E-state index in [4.69, 9.17) is 0 Å². The molecule has 3 nitrogen and oxygen atoms in total. The zero-order valence-corrected chi connectivity index (χ0v) is 11.4. The van der Waals surface area contributed by atoms with Crippen molar-refractivity contribution >= 4 is 11.7 Å². The summed E-state index contributed by atoms with van der Waals surface area (Å²) in [4.78, 5) is 11.5. The highest BCUT2D eigenvalue weighted by Crippen LogP contribution is 2.43. The number of allylic oxidation sites excluding steroid dienone is 2. The van der Waals surface area contributed by atoms with Gasteiger partial charge in [-0.1, -0.05) is 12.2 Å². The van der Waals surface area contributed by atoms with E-state index < -0.39 is 5.97 Å². The summed E-state index contributed by atoms with van der Waals surface area (Å²) in [6.45, 7) is 0.743. The number of esters is 1. The number of hydrogen-bond acceptors (Lipinski definition) is 3. The number of carbonyl (C=O) groups excluding carboxylic acids is 1. The molecule has 0 amide bonds. The van der Waals surface area contributed by atoms with Gasteiger partial charge in [-0.15, -0.1) is 0 Å². The largest absolute Gasteiger partial charge is 0.465 e. The van der Waals surface area contributed by atoms with Crippen molar-refractivity contribution in [1.82, 2.24) is 0 Å². The Labute approximate surface area is 117 Å². The van der Waals surface area contributed by atoms with E-state index in [9.17, 15) is 9.18 Å². The summed E-state index contributed by atoms with van der Waals surface area (Å²) < 4.78 is 18.4. The lowest BCUT2D eigenvalue weighted by atomic mass is 9.93. The Morgan fingerprint density at radius 1 is 1.40 bits per heavy atom. The second kappa shape index (κ2) is 5.27. The van der Waals surface area contributed by atoms with Crippen LogP contribution in [0.1, 0.15) is 23.2 Å². The lowest BCUT2D eigenvalue weighted by molar-refractivity contribution is 0.0600. The summed E-state index contributed by atoms with van der Waals surface area (Å²) in [6, 6.07) is 4.26. The van der Waals surface area contributed by atoms with Gasteiger partial charge in [0.1, 0.15) is 5.82 Å². The molecule has 0 radical (unpaired) electrons. The summed E-state index contributed by atoms with van der Waals surface area (Å²) in [5.41, 5.74) is 0.740. The van der Waals surface area contributed by atoms with E-state index in [1.54, 1.807) is 0 Å². The average molecular weight is 275 g/mol. The Bertz CT molecular complexity index is 555. The van der Waals surface area contributed by atoms with Crippen molar-refractivity contribution in [2.75, 3.05) is 19.0 Å². The minimum atomic E-state index is -0.448. The number of halogens is 1. The van der Waals surface area contributed by atoms with Crippen molar-refractivity contribution in [2.45, 2.75) is 12.8 Å². The predicted molar refractivity (Wildman–Crippen MR) is 75.1 cm³/mol. The molecule has 1 aromatic rings. The molecule has 2 aliphatic carbocycles. The van der Waals surface area contributed by atoms with Crippen molar-refractivity contribution in [2.24, 2.45) is 17.8 Å². The Kier molecular flexibility index (Phi) is 3.47. The minimum absolute atomic E-state index is 0.337. The molecule has 0 saturated heterocycles. The molecular formula is C16H18FNO2. The van der Waals surface area contributed by atoms with Crippen LogP contribution in [0.2, 0.25) is 0 Å². The van der Waals surface area contributed by atoms with Crippen molar-refractivity contribution in [3.8, 4) is 0 Å². The smallest absolute Gasteiger partial charge is 0.337 e. The van der Waals surface area contributed by atoms with Gasteiger partial charge in [-0.2, -0.15) is 0 Å². The predicted octanol–water partition coefficient (Wildman–Crippen LogP) is 3.24. The van der Waals surface area contributed by atoms with Crippen molar-refractivity contribution in [3.05, 3.63) is 41.7 Å². The number of fused-ring (bicyclic) bond motifs is 2. The van der Waals surface area contributed by atoms with Gasteiger partial charge in [0.25, 0.3) is 0 Å². The second-order valence-corrected chi connectivity index (χ2v) is 5.61. The molecule has 0 aliphatic heterocycles. The highest BCUT2D eigenvalue weighted by atomic mass is 19.1. The number of hydrogen-bond donors (Lipinski definition) is 1. The topological polar surface area (TPSA) is 38.3 Å². The van der Waals surface area contributed by atoms with Gasteiger partial charge in [-0.25, -0.2) is 9.18 Å². The zero-order chi connectivity index (χ0) is 14.1. The molecule has 0 aromatic heterocycles. The molecule has 1 saturated carbocycles. The van der Waals surface area contributed by atoms with Gasteiger partial charge in [-0.3, -0.25) is 0 Å². The standard InChI is InChI=1S/C16H18FNO2/c1-20-16(19)12-4-5-14(17)15(8-12)18-9-13-7-10-2-3-11(13)6-10/h2-5,8,10-11,13,18H,6-7,9H2,1H3. The van der Waals surface area contributed by atoms with Crippen molar-refractivity contribution in [1.29, 1.82) is 0 Å². The lowest BCUT2D eigenvalue weighted by Gasteiger charge is -2.19. The molecule has 3 unspecified atom stereocenters. The van der Waals surface area contributed by atoms with Crippen molar-refractivity contribution in [3.63, 3.8) is 0 Å². The maximum atomic E-state index is 13.8. The maximum Gasteiger partial charge on any atom is 0.337 e. The molecule has 3 atom stereocenters. The van der Waals surface area contributed by atoms with E-state index in [1.165, 1.54) is 38.2 Å². The van der Waals surface area contributed by atoms with Gasteiger partial charge in [0.15, 0.2) is 0 Å². The highest BCUT2D eigenvalue weighted by molar-refractivity contribution is 5.90. The molecule has 106 valence electrons. The third-order valence-corrected chi connectivity index (χ3v) is 4.36. The van der Waals surface area contributed by atoms with Crippen LogP contribution in [0.15, 0.2) is 30.4 Å². The van der Waals surface area contributed by atoms with E-state index in [0.717, 1.165) is 6.54 Å². The van der Waals surface area contributed by atoms with E-state index in [0.29, 0.717) is 29.0 Å². The molecule has 4 heteroatoms. The van der Waals surface area contributed by atoms with Crippen molar-refractivity contribution < 1.29 is 13.9 Å². The van der Waals surface area contributed by atoms with Gasteiger partial charge in [0, 0.05) is 6.54 Å². The Morgan fingerprint density at radius 3 is 2.90 bits per heavy atom. The van der Waals surface area contributed by atoms with E-state index in [1.807, 2.05) is 0 Å². The highest BCUT2D eigenvalue weighted by Gasteiger charge is 2.35. The summed E-state index contributed by atoms with van der Waals surface area (Å²) in [5.74, 6) is 1.11. The van der Waals surface area contributed by atoms with Gasteiger partial charge in [0.05, 0.1) is 18.4 Å². The Morgan fingerprint density at radius 2 is 2.25 bits per heavy atom. The third kappa shape index (κ3) is 2.42. The van der Waals surface area contributed by atoms with Gasteiger partial charge < -0.3 is 10.1 Å². The van der Waals surface area contributed by atoms with Crippen LogP contribution in [0.5, 0.6) is 0 Å². The SMILES string of the molecule is COC(=O)c1ccc(F)c(NCC2CC3C=CC2C3)c1. The van der Waals surface area contributed by atoms with Crippen LogP contribution in [0, 0.1) is 23.6 Å². The quantitative estimate of drug-likeness (QED) is 0.677. The van der Waals surface area contributed by atoms with Gasteiger partial charge in [0.2, 0.25) is 0 Å². The summed E-state index contributed by atoms with van der Waals surface area (Å²) >= 11 is 0. The first-order valence-corrected chi connectivity index (χ1v) is 6.97. The van der Waals surface area contributed by atoms with Crippen LogP contribution >= 0.6 is 0 Å². The second-order valence-electron chi connectivity index (χ2n) is 5.61. The number of carbonyl (C=O) groups is 1. The third-order valence-electron chi connectivity index (χ3n) is 4.36. The molecule has 2 aliphatic rings. The fraction of sp³-hybridized carbons (Fsp3) is 0.438. The molecule has 20 heavy (non-hydrogen) atoms. The molecule has 1 fully saturated rings. The molecule has 0 spiro atoms. The van der Waals surface area contributed by atoms with Crippen LogP contribution in [0.4, 0.5) is 10.1 Å². The van der Waals surface area contributed by atoms with Crippen LogP contribution in [-0.4, -0.2) is 19.6 Å². The first-order chi connectivity index (χ1) is 9.67. The number of methoxy groups -OCH3 is 1. The van der Waals surface area contributed by atoms with Crippen LogP contribution in [-0.2, 0) is 4.74 Å². The number of rotatable bonds is 4. The summed E-state index contributed by atoms with van der Waals surface area (Å²) in [5, 5.41) is 3.14. The lowest BCUT2D eigenvalue weighted by Crippen LogP contribution is -2.19. The van der Waals surface area contributed by atoms with E-state index in [2.05, 4.69) is 22.2 Å². The fourth-order valence-corrected chi connectivity index (χ4v) is 3.28. The maximum absolute atomic E-state index is 13.8. The van der Waals surface area contributed by atoms with E-state index >= 15 is 0 Å². The molecule has 0 heterocycles. The van der Waals surface area contributed by atoms with Gasteiger partial charge >= 0.3 is 5.97 Å². The molecule has 1 aromatic carbocycles. The summed E-state index contributed by atoms with van der Waals surface area (Å²) in [6.07, 6.45) is 6.98. The molecular weight excluding hydrogens is 257 g/mol. The number of benzene rings is 1. The molecule has 1 N–H and O–H groups in total. The average Bonchev–Trinajstić information content (AvgIpc) is 3.08. The number of ether oxygens (including phenoxy) is 1. The normalized spacial score (nSPS) is 26.8. The monoisotopic (exact) mass is 275 g/mol. The molecule has 2 bridgehead atoms.